The second-order valence-corrected chi connectivity index (χ2v) is 4.14. The van der Waals surface area contributed by atoms with Gasteiger partial charge in [-0.25, -0.2) is 0 Å². The van der Waals surface area contributed by atoms with Gasteiger partial charge in [-0.1, -0.05) is 11.6 Å². The number of nitrogens with one attached hydrogen (secondary N) is 1. The van der Waals surface area contributed by atoms with E-state index in [2.05, 4.69) is 5.32 Å². The van der Waals surface area contributed by atoms with E-state index in [9.17, 15) is 4.79 Å². The van der Waals surface area contributed by atoms with Crippen molar-refractivity contribution in [2.75, 3.05) is 5.32 Å². The molecule has 14 heavy (non-hydrogen) atoms. The number of benzene rings is 1. The summed E-state index contributed by atoms with van der Waals surface area (Å²) in [5.74, 6) is 0.492. The Balaban J connectivity index is 2.46. The molecule has 3 nitrogen and oxygen atoms in total. The van der Waals surface area contributed by atoms with Crippen LogP contribution in [-0.2, 0) is 4.79 Å². The van der Waals surface area contributed by atoms with Crippen molar-refractivity contribution in [1.29, 1.82) is 0 Å². The highest BCUT2D eigenvalue weighted by Crippen LogP contribution is 2.35. The molecule has 0 saturated heterocycles. The fourth-order valence-electron chi connectivity index (χ4n) is 1.28. The van der Waals surface area contributed by atoms with Crippen molar-refractivity contribution in [2.24, 2.45) is 0 Å². The molecule has 0 radical (unpaired) electrons. The minimum Gasteiger partial charge on any atom is -0.476 e. The van der Waals surface area contributed by atoms with Crippen LogP contribution in [-0.4, -0.2) is 11.5 Å². The van der Waals surface area contributed by atoms with Crippen LogP contribution >= 0.6 is 11.6 Å². The van der Waals surface area contributed by atoms with Gasteiger partial charge in [-0.05, 0) is 32.0 Å². The van der Waals surface area contributed by atoms with Crippen molar-refractivity contribution in [1.82, 2.24) is 0 Å². The Kier molecular flexibility index (Phi) is 1.93. The second-order valence-electron chi connectivity index (χ2n) is 3.71. The average molecular weight is 212 g/mol. The number of carbonyl (C=O) groups excluding carboxylic acids is 1. The third-order valence-corrected chi connectivity index (χ3v) is 2.34. The van der Waals surface area contributed by atoms with Crippen molar-refractivity contribution in [3.8, 4) is 5.75 Å². The molecule has 1 aromatic rings. The minimum absolute atomic E-state index is 0.160. The summed E-state index contributed by atoms with van der Waals surface area (Å²) in [4.78, 5) is 11.5. The third-order valence-electron chi connectivity index (χ3n) is 2.10. The van der Waals surface area contributed by atoms with E-state index in [4.69, 9.17) is 16.3 Å². The number of halogens is 1. The Morgan fingerprint density at radius 2 is 2.14 bits per heavy atom. The molecule has 1 aliphatic rings. The molecule has 0 fully saturated rings. The summed E-state index contributed by atoms with van der Waals surface area (Å²) in [5, 5.41) is 3.32. The Bertz CT molecular complexity index is 401. The molecule has 0 aromatic heterocycles. The normalized spacial score (nSPS) is 18.1. The van der Waals surface area contributed by atoms with Gasteiger partial charge in [0.1, 0.15) is 5.75 Å². The van der Waals surface area contributed by atoms with E-state index in [-0.39, 0.29) is 5.91 Å². The van der Waals surface area contributed by atoms with Gasteiger partial charge in [-0.3, -0.25) is 4.79 Å². The van der Waals surface area contributed by atoms with Gasteiger partial charge in [0.25, 0.3) is 5.91 Å². The molecule has 1 aliphatic heterocycles. The van der Waals surface area contributed by atoms with Crippen molar-refractivity contribution in [2.45, 2.75) is 19.4 Å². The molecule has 2 rings (SSSR count). The average Bonchev–Trinajstić information content (AvgIpc) is 2.08. The molecular weight excluding hydrogens is 202 g/mol. The second kappa shape index (κ2) is 2.89. The lowest BCUT2D eigenvalue weighted by Crippen LogP contribution is -2.45. The van der Waals surface area contributed by atoms with Crippen molar-refractivity contribution in [3.63, 3.8) is 0 Å². The summed E-state index contributed by atoms with van der Waals surface area (Å²) < 4.78 is 5.52. The summed E-state index contributed by atoms with van der Waals surface area (Å²) in [6.07, 6.45) is 0. The molecule has 1 amide bonds. The Labute approximate surface area is 87.0 Å². The summed E-state index contributed by atoms with van der Waals surface area (Å²) in [6.45, 7) is 3.44. The Morgan fingerprint density at radius 1 is 1.43 bits per heavy atom. The number of carbonyl (C=O) groups is 1. The number of hydrogen-bond acceptors (Lipinski definition) is 2. The summed E-state index contributed by atoms with van der Waals surface area (Å²) in [5.41, 5.74) is -0.192. The van der Waals surface area contributed by atoms with Crippen LogP contribution in [0.2, 0.25) is 5.02 Å². The molecule has 0 spiro atoms. The molecule has 74 valence electrons. The molecule has 1 heterocycles. The Hall–Kier alpha value is -1.22. The van der Waals surface area contributed by atoms with Crippen LogP contribution in [0, 0.1) is 0 Å². The van der Waals surface area contributed by atoms with Gasteiger partial charge < -0.3 is 10.1 Å². The van der Waals surface area contributed by atoms with E-state index in [1.54, 1.807) is 32.0 Å². The van der Waals surface area contributed by atoms with E-state index in [0.717, 1.165) is 0 Å². The topological polar surface area (TPSA) is 38.3 Å². The zero-order valence-electron chi connectivity index (χ0n) is 7.93. The highest BCUT2D eigenvalue weighted by atomic mass is 35.5. The number of hydrogen-bond donors (Lipinski definition) is 1. The van der Waals surface area contributed by atoms with Crippen molar-refractivity contribution >= 4 is 23.2 Å². The number of fused-ring (bicyclic) bond motifs is 1. The van der Waals surface area contributed by atoms with Crippen LogP contribution in [0.15, 0.2) is 18.2 Å². The Morgan fingerprint density at radius 3 is 2.86 bits per heavy atom. The molecule has 0 saturated carbocycles. The molecule has 4 heteroatoms. The van der Waals surface area contributed by atoms with E-state index in [1.165, 1.54) is 0 Å². The van der Waals surface area contributed by atoms with Crippen LogP contribution in [0.1, 0.15) is 13.8 Å². The third kappa shape index (κ3) is 1.44. The maximum absolute atomic E-state index is 11.5. The molecule has 0 bridgehead atoms. The highest BCUT2D eigenvalue weighted by Gasteiger charge is 2.35. The smallest absolute Gasteiger partial charge is 0.268 e. The first-order chi connectivity index (χ1) is 6.49. The molecule has 1 N–H and O–H groups in total. The van der Waals surface area contributed by atoms with Gasteiger partial charge in [0.05, 0.1) is 5.69 Å². The van der Waals surface area contributed by atoms with Gasteiger partial charge in [-0.15, -0.1) is 0 Å². The molecule has 0 unspecified atom stereocenters. The SMILES string of the molecule is CC1(C)Oc2ccc(Cl)cc2NC1=O. The van der Waals surface area contributed by atoms with Crippen LogP contribution in [0.25, 0.3) is 0 Å². The maximum atomic E-state index is 11.5. The summed E-state index contributed by atoms with van der Waals surface area (Å²) in [6, 6.07) is 5.15. The number of anilines is 1. The number of amides is 1. The lowest BCUT2D eigenvalue weighted by Gasteiger charge is -2.31. The van der Waals surface area contributed by atoms with Gasteiger partial charge in [0, 0.05) is 5.02 Å². The first kappa shape index (κ1) is 9.34. The zero-order chi connectivity index (χ0) is 10.3. The molecule has 1 aromatic carbocycles. The lowest BCUT2D eigenvalue weighted by molar-refractivity contribution is -0.129. The van der Waals surface area contributed by atoms with E-state index in [1.807, 2.05) is 0 Å². The predicted octanol–water partition coefficient (Wildman–Crippen LogP) is 2.45. The minimum atomic E-state index is -0.819. The fraction of sp³-hybridized carbons (Fsp3) is 0.300. The van der Waals surface area contributed by atoms with E-state index < -0.39 is 5.60 Å². The number of rotatable bonds is 0. The van der Waals surface area contributed by atoms with Gasteiger partial charge >= 0.3 is 0 Å². The standard InChI is InChI=1S/C10H10ClNO2/c1-10(2)9(13)12-7-5-6(11)3-4-8(7)14-10/h3-5H,1-2H3,(H,12,13). The summed E-state index contributed by atoms with van der Waals surface area (Å²) in [7, 11) is 0. The van der Waals surface area contributed by atoms with Crippen molar-refractivity contribution in [3.05, 3.63) is 23.2 Å². The molecule has 0 aliphatic carbocycles. The van der Waals surface area contributed by atoms with E-state index >= 15 is 0 Å². The highest BCUT2D eigenvalue weighted by molar-refractivity contribution is 6.31. The first-order valence-corrected chi connectivity index (χ1v) is 4.67. The van der Waals surface area contributed by atoms with Crippen LogP contribution < -0.4 is 10.1 Å². The number of ether oxygens (including phenoxy) is 1. The monoisotopic (exact) mass is 211 g/mol. The lowest BCUT2D eigenvalue weighted by atomic mass is 10.1. The van der Waals surface area contributed by atoms with Gasteiger partial charge in [-0.2, -0.15) is 0 Å². The van der Waals surface area contributed by atoms with E-state index in [0.29, 0.717) is 16.5 Å². The largest absolute Gasteiger partial charge is 0.476 e. The van der Waals surface area contributed by atoms with Gasteiger partial charge in [0.2, 0.25) is 0 Å². The fourth-order valence-corrected chi connectivity index (χ4v) is 1.46. The first-order valence-electron chi connectivity index (χ1n) is 4.29. The predicted molar refractivity (Wildman–Crippen MR) is 54.8 cm³/mol. The zero-order valence-corrected chi connectivity index (χ0v) is 8.68. The molecular formula is C10H10ClNO2. The molecule has 0 atom stereocenters. The van der Waals surface area contributed by atoms with Crippen LogP contribution in [0.3, 0.4) is 0 Å². The van der Waals surface area contributed by atoms with Crippen LogP contribution in [0.4, 0.5) is 5.69 Å². The van der Waals surface area contributed by atoms with Crippen LogP contribution in [0.5, 0.6) is 5.75 Å². The quantitative estimate of drug-likeness (QED) is 0.716. The van der Waals surface area contributed by atoms with Gasteiger partial charge in [0.15, 0.2) is 5.60 Å². The maximum Gasteiger partial charge on any atom is 0.268 e. The summed E-state index contributed by atoms with van der Waals surface area (Å²) >= 11 is 5.79. The van der Waals surface area contributed by atoms with Crippen molar-refractivity contribution < 1.29 is 9.53 Å².